The van der Waals surface area contributed by atoms with Crippen molar-refractivity contribution in [2.75, 3.05) is 26.2 Å². The van der Waals surface area contributed by atoms with E-state index in [1.165, 1.54) is 0 Å². The molecular weight excluding hydrogens is 230 g/mol. The second-order valence-corrected chi connectivity index (χ2v) is 4.88. The van der Waals surface area contributed by atoms with Crippen molar-refractivity contribution in [2.45, 2.75) is 31.7 Å². The summed E-state index contributed by atoms with van der Waals surface area (Å²) in [7, 11) is 0. The fourth-order valence-corrected chi connectivity index (χ4v) is 2.71. The molecule has 1 N–H and O–H groups in total. The van der Waals surface area contributed by atoms with E-state index < -0.39 is 0 Å². The van der Waals surface area contributed by atoms with Gasteiger partial charge in [0.05, 0.1) is 0 Å². The van der Waals surface area contributed by atoms with Crippen LogP contribution in [0, 0.1) is 0 Å². The van der Waals surface area contributed by atoms with Gasteiger partial charge in [-0.15, -0.1) is 6.58 Å². The lowest BCUT2D eigenvalue weighted by atomic mass is 10.0. The molecule has 18 heavy (non-hydrogen) atoms. The van der Waals surface area contributed by atoms with Crippen LogP contribution < -0.4 is 5.32 Å². The van der Waals surface area contributed by atoms with Crippen LogP contribution in [0.15, 0.2) is 12.7 Å². The summed E-state index contributed by atoms with van der Waals surface area (Å²) in [6, 6.07) is 0.310. The highest BCUT2D eigenvalue weighted by molar-refractivity contribution is 5.78. The Kier molecular flexibility index (Phi) is 4.23. The Labute approximate surface area is 108 Å². The van der Waals surface area contributed by atoms with Crippen LogP contribution >= 0.6 is 0 Å². The van der Waals surface area contributed by atoms with Crippen LogP contribution in [-0.4, -0.2) is 54.0 Å². The Bertz CT molecular complexity index is 335. The third-order valence-corrected chi connectivity index (χ3v) is 3.70. The molecule has 2 aliphatic heterocycles. The van der Waals surface area contributed by atoms with Crippen molar-refractivity contribution in [1.82, 2.24) is 15.1 Å². The van der Waals surface area contributed by atoms with E-state index in [1.54, 1.807) is 6.08 Å². The number of piperidine rings is 1. The number of hydrogen-bond donors (Lipinski definition) is 1. The van der Waals surface area contributed by atoms with E-state index in [4.69, 9.17) is 0 Å². The number of rotatable bonds is 3. The summed E-state index contributed by atoms with van der Waals surface area (Å²) >= 11 is 0. The minimum atomic E-state index is -0.0268. The monoisotopic (exact) mass is 251 g/mol. The molecule has 0 aromatic carbocycles. The predicted molar refractivity (Wildman–Crippen MR) is 69.1 cm³/mol. The van der Waals surface area contributed by atoms with Gasteiger partial charge in [-0.25, -0.2) is 4.79 Å². The summed E-state index contributed by atoms with van der Waals surface area (Å²) in [5.41, 5.74) is 0. The van der Waals surface area contributed by atoms with Gasteiger partial charge in [0.15, 0.2) is 0 Å². The number of likely N-dealkylation sites (tertiary alicyclic amines) is 2. The standard InChI is InChI=1S/C13H21N3O2/c1-2-7-14-13(18)15-9-5-11(6-10-15)16-8-3-4-12(16)17/h2,11H,1,3-10H2,(H,14,18). The Morgan fingerprint density at radius 3 is 2.67 bits per heavy atom. The van der Waals surface area contributed by atoms with Gasteiger partial charge in [-0.2, -0.15) is 0 Å². The lowest BCUT2D eigenvalue weighted by molar-refractivity contribution is -0.130. The fourth-order valence-electron chi connectivity index (χ4n) is 2.71. The van der Waals surface area contributed by atoms with E-state index in [0.717, 1.165) is 38.9 Å². The minimum Gasteiger partial charge on any atom is -0.340 e. The van der Waals surface area contributed by atoms with E-state index in [0.29, 0.717) is 19.0 Å². The topological polar surface area (TPSA) is 52.7 Å². The summed E-state index contributed by atoms with van der Waals surface area (Å²) in [6.45, 7) is 6.44. The lowest BCUT2D eigenvalue weighted by Gasteiger charge is -2.36. The summed E-state index contributed by atoms with van der Waals surface area (Å²) in [6.07, 6.45) is 5.15. The van der Waals surface area contributed by atoms with Crippen molar-refractivity contribution in [1.29, 1.82) is 0 Å². The first-order valence-electron chi connectivity index (χ1n) is 6.65. The first-order chi connectivity index (χ1) is 8.72. The molecule has 0 aromatic rings. The molecule has 3 amide bonds. The highest BCUT2D eigenvalue weighted by Crippen LogP contribution is 2.21. The second-order valence-electron chi connectivity index (χ2n) is 4.88. The molecule has 2 heterocycles. The van der Waals surface area contributed by atoms with Gasteiger partial charge in [0.25, 0.3) is 0 Å². The van der Waals surface area contributed by atoms with Crippen LogP contribution in [0.4, 0.5) is 4.79 Å². The fraction of sp³-hybridized carbons (Fsp3) is 0.692. The SMILES string of the molecule is C=CCNC(=O)N1CCC(N2CCCC2=O)CC1. The number of amides is 3. The van der Waals surface area contributed by atoms with Crippen LogP contribution in [0.5, 0.6) is 0 Å². The number of carbonyl (C=O) groups excluding carboxylic acids is 2. The van der Waals surface area contributed by atoms with Crippen molar-refractivity contribution in [3.05, 3.63) is 12.7 Å². The molecule has 0 spiro atoms. The molecule has 0 aromatic heterocycles. The van der Waals surface area contributed by atoms with Crippen LogP contribution in [0.25, 0.3) is 0 Å². The number of carbonyl (C=O) groups is 2. The highest BCUT2D eigenvalue weighted by atomic mass is 16.2. The van der Waals surface area contributed by atoms with E-state index in [2.05, 4.69) is 11.9 Å². The molecule has 0 bridgehead atoms. The van der Waals surface area contributed by atoms with Gasteiger partial charge in [-0.3, -0.25) is 4.79 Å². The van der Waals surface area contributed by atoms with Gasteiger partial charge in [0, 0.05) is 38.6 Å². The molecule has 0 aliphatic carbocycles. The number of hydrogen-bond acceptors (Lipinski definition) is 2. The van der Waals surface area contributed by atoms with Crippen LogP contribution in [-0.2, 0) is 4.79 Å². The Morgan fingerprint density at radius 2 is 2.11 bits per heavy atom. The number of urea groups is 1. The molecule has 5 heteroatoms. The molecule has 0 unspecified atom stereocenters. The van der Waals surface area contributed by atoms with Crippen LogP contribution in [0.2, 0.25) is 0 Å². The molecule has 5 nitrogen and oxygen atoms in total. The molecule has 0 saturated carbocycles. The average Bonchev–Trinajstić information content (AvgIpc) is 2.82. The maximum atomic E-state index is 11.7. The van der Waals surface area contributed by atoms with E-state index >= 15 is 0 Å². The zero-order chi connectivity index (χ0) is 13.0. The quantitative estimate of drug-likeness (QED) is 0.760. The van der Waals surface area contributed by atoms with Gasteiger partial charge in [0.2, 0.25) is 5.91 Å². The molecular formula is C13H21N3O2. The van der Waals surface area contributed by atoms with E-state index in [9.17, 15) is 9.59 Å². The third-order valence-electron chi connectivity index (χ3n) is 3.70. The summed E-state index contributed by atoms with van der Waals surface area (Å²) in [5, 5.41) is 2.78. The summed E-state index contributed by atoms with van der Waals surface area (Å²) in [5.74, 6) is 0.282. The zero-order valence-corrected chi connectivity index (χ0v) is 10.7. The number of nitrogens with one attached hydrogen (secondary N) is 1. The van der Waals surface area contributed by atoms with E-state index in [1.807, 2.05) is 9.80 Å². The minimum absolute atomic E-state index is 0.0268. The van der Waals surface area contributed by atoms with Crippen LogP contribution in [0.3, 0.4) is 0 Å². The van der Waals surface area contributed by atoms with Crippen molar-refractivity contribution in [3.63, 3.8) is 0 Å². The van der Waals surface area contributed by atoms with Crippen molar-refractivity contribution >= 4 is 11.9 Å². The molecule has 0 atom stereocenters. The van der Waals surface area contributed by atoms with Gasteiger partial charge in [-0.05, 0) is 19.3 Å². The Hall–Kier alpha value is -1.52. The molecule has 2 aliphatic rings. The van der Waals surface area contributed by atoms with Crippen molar-refractivity contribution in [2.24, 2.45) is 0 Å². The predicted octanol–water partition coefficient (Wildman–Crippen LogP) is 0.969. The molecule has 2 saturated heterocycles. The van der Waals surface area contributed by atoms with Crippen LogP contribution in [0.1, 0.15) is 25.7 Å². The Balaban J connectivity index is 1.79. The molecule has 100 valence electrons. The van der Waals surface area contributed by atoms with Gasteiger partial charge in [-0.1, -0.05) is 6.08 Å². The molecule has 0 radical (unpaired) electrons. The van der Waals surface area contributed by atoms with Crippen molar-refractivity contribution in [3.8, 4) is 0 Å². The average molecular weight is 251 g/mol. The van der Waals surface area contributed by atoms with Crippen molar-refractivity contribution < 1.29 is 9.59 Å². The zero-order valence-electron chi connectivity index (χ0n) is 10.7. The number of nitrogens with zero attached hydrogens (tertiary/aromatic N) is 2. The van der Waals surface area contributed by atoms with Gasteiger partial charge in [0.1, 0.15) is 0 Å². The van der Waals surface area contributed by atoms with Gasteiger partial charge < -0.3 is 15.1 Å². The second kappa shape index (κ2) is 5.89. The first kappa shape index (κ1) is 12.9. The largest absolute Gasteiger partial charge is 0.340 e. The molecule has 2 fully saturated rings. The van der Waals surface area contributed by atoms with E-state index in [-0.39, 0.29) is 11.9 Å². The Morgan fingerprint density at radius 1 is 1.39 bits per heavy atom. The molecule has 2 rings (SSSR count). The summed E-state index contributed by atoms with van der Waals surface area (Å²) < 4.78 is 0. The first-order valence-corrected chi connectivity index (χ1v) is 6.65. The maximum Gasteiger partial charge on any atom is 0.317 e. The normalized spacial score (nSPS) is 21.2. The highest BCUT2D eigenvalue weighted by Gasteiger charge is 2.31. The smallest absolute Gasteiger partial charge is 0.317 e. The maximum absolute atomic E-state index is 11.7. The lowest BCUT2D eigenvalue weighted by Crippen LogP contribution is -2.49. The summed E-state index contributed by atoms with van der Waals surface area (Å²) in [4.78, 5) is 27.2. The van der Waals surface area contributed by atoms with Gasteiger partial charge >= 0.3 is 6.03 Å². The third kappa shape index (κ3) is 2.83.